The Hall–Kier alpha value is -1.52. The molecule has 5 heteroatoms. The van der Waals surface area contributed by atoms with Crippen LogP contribution >= 0.6 is 23.4 Å². The van der Waals surface area contributed by atoms with Crippen LogP contribution in [0.15, 0.2) is 48.5 Å². The molecule has 0 spiro atoms. The van der Waals surface area contributed by atoms with E-state index in [0.29, 0.717) is 22.0 Å². The standard InChI is InChI=1S/C15H13ClFNOS/c16-12-5-7-13(8-6-12)18-15(19)10-20-9-11-3-1-2-4-14(11)17/h1-8H,9-10H2,(H,18,19). The van der Waals surface area contributed by atoms with Gasteiger partial charge in [-0.25, -0.2) is 4.39 Å². The average molecular weight is 310 g/mol. The summed E-state index contributed by atoms with van der Waals surface area (Å²) in [6.45, 7) is 0. The zero-order valence-corrected chi connectivity index (χ0v) is 12.2. The quantitative estimate of drug-likeness (QED) is 0.889. The van der Waals surface area contributed by atoms with Gasteiger partial charge in [0, 0.05) is 16.5 Å². The van der Waals surface area contributed by atoms with Gasteiger partial charge in [-0.15, -0.1) is 11.8 Å². The monoisotopic (exact) mass is 309 g/mol. The second-order valence-corrected chi connectivity index (χ2v) is 5.56. The van der Waals surface area contributed by atoms with Gasteiger partial charge >= 0.3 is 0 Å². The number of benzene rings is 2. The van der Waals surface area contributed by atoms with Gasteiger partial charge in [0.25, 0.3) is 0 Å². The predicted octanol–water partition coefficient (Wildman–Crippen LogP) is 4.35. The first-order valence-corrected chi connectivity index (χ1v) is 7.55. The van der Waals surface area contributed by atoms with Gasteiger partial charge in [-0.3, -0.25) is 4.79 Å². The minimum absolute atomic E-state index is 0.117. The zero-order chi connectivity index (χ0) is 14.4. The van der Waals surface area contributed by atoms with Crippen molar-refractivity contribution in [1.82, 2.24) is 0 Å². The topological polar surface area (TPSA) is 29.1 Å². The molecule has 0 unspecified atom stereocenters. The summed E-state index contributed by atoms with van der Waals surface area (Å²) < 4.78 is 13.4. The molecule has 0 aromatic heterocycles. The maximum atomic E-state index is 13.4. The number of carbonyl (C=O) groups is 1. The minimum Gasteiger partial charge on any atom is -0.325 e. The van der Waals surface area contributed by atoms with Crippen LogP contribution in [0, 0.1) is 5.82 Å². The van der Waals surface area contributed by atoms with Gasteiger partial charge < -0.3 is 5.32 Å². The molecule has 0 bridgehead atoms. The lowest BCUT2D eigenvalue weighted by Gasteiger charge is -2.06. The Kier molecular flexibility index (Phi) is 5.44. The van der Waals surface area contributed by atoms with Gasteiger partial charge in [-0.05, 0) is 35.9 Å². The molecule has 20 heavy (non-hydrogen) atoms. The molecule has 104 valence electrons. The van der Waals surface area contributed by atoms with E-state index in [1.165, 1.54) is 17.8 Å². The molecule has 2 rings (SSSR count). The summed E-state index contributed by atoms with van der Waals surface area (Å²) in [7, 11) is 0. The van der Waals surface area contributed by atoms with E-state index in [-0.39, 0.29) is 17.5 Å². The molecule has 0 saturated heterocycles. The zero-order valence-electron chi connectivity index (χ0n) is 10.6. The van der Waals surface area contributed by atoms with Crippen molar-refractivity contribution in [2.45, 2.75) is 5.75 Å². The first kappa shape index (κ1) is 14.9. The lowest BCUT2D eigenvalue weighted by atomic mass is 10.2. The number of nitrogens with one attached hydrogen (secondary N) is 1. The van der Waals surface area contributed by atoms with Crippen LogP contribution in [0.1, 0.15) is 5.56 Å². The Labute approximate surface area is 126 Å². The highest BCUT2D eigenvalue weighted by molar-refractivity contribution is 7.99. The largest absolute Gasteiger partial charge is 0.325 e. The lowest BCUT2D eigenvalue weighted by molar-refractivity contribution is -0.113. The molecule has 0 atom stereocenters. The molecule has 1 amide bonds. The Morgan fingerprint density at radius 3 is 2.55 bits per heavy atom. The summed E-state index contributed by atoms with van der Waals surface area (Å²) in [6.07, 6.45) is 0. The lowest BCUT2D eigenvalue weighted by Crippen LogP contribution is -2.14. The molecule has 0 aliphatic heterocycles. The molecular formula is C15H13ClFNOS. The molecule has 1 N–H and O–H groups in total. The van der Waals surface area contributed by atoms with E-state index in [4.69, 9.17) is 11.6 Å². The van der Waals surface area contributed by atoms with Crippen LogP contribution in [0.2, 0.25) is 5.02 Å². The molecule has 0 aliphatic carbocycles. The van der Waals surface area contributed by atoms with Crippen LogP contribution in [-0.2, 0) is 10.5 Å². The summed E-state index contributed by atoms with van der Waals surface area (Å²) in [4.78, 5) is 11.7. The van der Waals surface area contributed by atoms with Crippen molar-refractivity contribution >= 4 is 35.0 Å². The second kappa shape index (κ2) is 7.31. The number of carbonyl (C=O) groups excluding carboxylic acids is 1. The second-order valence-electron chi connectivity index (χ2n) is 4.14. The number of amides is 1. The van der Waals surface area contributed by atoms with Crippen molar-refractivity contribution in [3.8, 4) is 0 Å². The average Bonchev–Trinajstić information content (AvgIpc) is 2.43. The summed E-state index contributed by atoms with van der Waals surface area (Å²) in [6, 6.07) is 13.5. The Balaban J connectivity index is 1.78. The Bertz CT molecular complexity index is 589. The number of hydrogen-bond acceptors (Lipinski definition) is 2. The third-order valence-corrected chi connectivity index (χ3v) is 3.81. The maximum absolute atomic E-state index is 13.4. The number of rotatable bonds is 5. The first-order chi connectivity index (χ1) is 9.65. The molecule has 0 saturated carbocycles. The molecular weight excluding hydrogens is 297 g/mol. The van der Waals surface area contributed by atoms with E-state index in [9.17, 15) is 9.18 Å². The Morgan fingerprint density at radius 1 is 1.15 bits per heavy atom. The first-order valence-electron chi connectivity index (χ1n) is 6.02. The predicted molar refractivity (Wildman–Crippen MR) is 82.6 cm³/mol. The summed E-state index contributed by atoms with van der Waals surface area (Å²) >= 11 is 7.14. The van der Waals surface area contributed by atoms with E-state index in [1.807, 2.05) is 0 Å². The van der Waals surface area contributed by atoms with Crippen molar-refractivity contribution in [2.75, 3.05) is 11.1 Å². The maximum Gasteiger partial charge on any atom is 0.234 e. The summed E-state index contributed by atoms with van der Waals surface area (Å²) in [5.41, 5.74) is 1.31. The van der Waals surface area contributed by atoms with E-state index in [1.54, 1.807) is 42.5 Å². The van der Waals surface area contributed by atoms with Crippen LogP contribution in [0.5, 0.6) is 0 Å². The fourth-order valence-corrected chi connectivity index (χ4v) is 2.54. The summed E-state index contributed by atoms with van der Waals surface area (Å²) in [5.74, 6) is 0.393. The van der Waals surface area contributed by atoms with Gasteiger partial charge in [-0.1, -0.05) is 29.8 Å². The fraction of sp³-hybridized carbons (Fsp3) is 0.133. The molecule has 0 radical (unpaired) electrons. The minimum atomic E-state index is -0.238. The molecule has 2 aromatic rings. The third-order valence-electron chi connectivity index (χ3n) is 2.58. The van der Waals surface area contributed by atoms with Crippen LogP contribution in [-0.4, -0.2) is 11.7 Å². The van der Waals surface area contributed by atoms with E-state index in [0.717, 1.165) is 0 Å². The van der Waals surface area contributed by atoms with Crippen molar-refractivity contribution in [2.24, 2.45) is 0 Å². The highest BCUT2D eigenvalue weighted by atomic mass is 35.5. The van der Waals surface area contributed by atoms with Crippen LogP contribution in [0.4, 0.5) is 10.1 Å². The number of hydrogen-bond donors (Lipinski definition) is 1. The number of anilines is 1. The van der Waals surface area contributed by atoms with E-state index >= 15 is 0 Å². The van der Waals surface area contributed by atoms with Gasteiger partial charge in [0.2, 0.25) is 5.91 Å². The van der Waals surface area contributed by atoms with E-state index < -0.39 is 0 Å². The van der Waals surface area contributed by atoms with E-state index in [2.05, 4.69) is 5.32 Å². The van der Waals surface area contributed by atoms with Crippen LogP contribution in [0.3, 0.4) is 0 Å². The molecule has 0 aliphatic rings. The normalized spacial score (nSPS) is 10.3. The SMILES string of the molecule is O=C(CSCc1ccccc1F)Nc1ccc(Cl)cc1. The van der Waals surface area contributed by atoms with Crippen molar-refractivity contribution in [3.63, 3.8) is 0 Å². The van der Waals surface area contributed by atoms with Crippen LogP contribution < -0.4 is 5.32 Å². The van der Waals surface area contributed by atoms with Crippen LogP contribution in [0.25, 0.3) is 0 Å². The highest BCUT2D eigenvalue weighted by Gasteiger charge is 2.05. The summed E-state index contributed by atoms with van der Waals surface area (Å²) in [5, 5.41) is 3.38. The van der Waals surface area contributed by atoms with Gasteiger partial charge in [-0.2, -0.15) is 0 Å². The van der Waals surface area contributed by atoms with Crippen molar-refractivity contribution in [3.05, 3.63) is 64.9 Å². The fourth-order valence-electron chi connectivity index (χ4n) is 1.60. The molecule has 0 fully saturated rings. The van der Waals surface area contributed by atoms with Crippen molar-refractivity contribution < 1.29 is 9.18 Å². The highest BCUT2D eigenvalue weighted by Crippen LogP contribution is 2.17. The molecule has 0 heterocycles. The van der Waals surface area contributed by atoms with Crippen molar-refractivity contribution in [1.29, 1.82) is 0 Å². The molecule has 2 nitrogen and oxygen atoms in total. The number of thioether (sulfide) groups is 1. The molecule has 2 aromatic carbocycles. The third kappa shape index (κ3) is 4.54. The number of halogens is 2. The van der Waals surface area contributed by atoms with Gasteiger partial charge in [0.15, 0.2) is 0 Å². The van der Waals surface area contributed by atoms with Gasteiger partial charge in [0.1, 0.15) is 5.82 Å². The van der Waals surface area contributed by atoms with Gasteiger partial charge in [0.05, 0.1) is 5.75 Å². The Morgan fingerprint density at radius 2 is 1.85 bits per heavy atom. The smallest absolute Gasteiger partial charge is 0.234 e.